The second-order valence-corrected chi connectivity index (χ2v) is 5.88. The van der Waals surface area contributed by atoms with Crippen molar-refractivity contribution in [3.63, 3.8) is 0 Å². The zero-order valence-electron chi connectivity index (χ0n) is 13.2. The van der Waals surface area contributed by atoms with Gasteiger partial charge in [-0.15, -0.1) is 0 Å². The summed E-state index contributed by atoms with van der Waals surface area (Å²) in [5, 5.41) is 0. The molecule has 2 aromatic rings. The second-order valence-electron chi connectivity index (χ2n) is 5.88. The Kier molecular flexibility index (Phi) is 5.53. The summed E-state index contributed by atoms with van der Waals surface area (Å²) in [6.45, 7) is 3.68. The Morgan fingerprint density at radius 1 is 1.17 bits per heavy atom. The zero-order valence-corrected chi connectivity index (χ0v) is 13.2. The molecule has 0 radical (unpaired) electrons. The Bertz CT molecular complexity index is 600. The fraction of sp³-hybridized carbons (Fsp3) is 0.444. The van der Waals surface area contributed by atoms with E-state index < -0.39 is 0 Å². The number of benzene rings is 1. The summed E-state index contributed by atoms with van der Waals surface area (Å²) in [5.41, 5.74) is 1.11. The molecule has 0 saturated carbocycles. The maximum absolute atomic E-state index is 13.4. The van der Waals surface area contributed by atoms with Gasteiger partial charge in [-0.25, -0.2) is 4.39 Å². The molecule has 3 rings (SSSR count). The molecule has 0 unspecified atom stereocenters. The molecule has 0 atom stereocenters. The third kappa shape index (κ3) is 4.48. The molecule has 0 aliphatic carbocycles. The van der Waals surface area contributed by atoms with E-state index in [-0.39, 0.29) is 5.82 Å². The first-order chi connectivity index (χ1) is 11.3. The number of rotatable bonds is 6. The van der Waals surface area contributed by atoms with Crippen molar-refractivity contribution < 1.29 is 9.13 Å². The summed E-state index contributed by atoms with van der Waals surface area (Å²) >= 11 is 0. The van der Waals surface area contributed by atoms with Crippen LogP contribution in [-0.2, 0) is 0 Å². The number of ether oxygens (including phenoxy) is 1. The van der Waals surface area contributed by atoms with E-state index in [1.54, 1.807) is 30.6 Å². The molecule has 4 nitrogen and oxygen atoms in total. The highest BCUT2D eigenvalue weighted by atomic mass is 19.1. The summed E-state index contributed by atoms with van der Waals surface area (Å²) in [4.78, 5) is 11.0. The minimum absolute atomic E-state index is 0.294. The van der Waals surface area contributed by atoms with E-state index in [4.69, 9.17) is 4.74 Å². The number of hydrogen-bond donors (Lipinski definition) is 0. The van der Waals surface area contributed by atoms with Crippen molar-refractivity contribution in [2.24, 2.45) is 0 Å². The van der Waals surface area contributed by atoms with Crippen LogP contribution in [0.1, 0.15) is 30.9 Å². The second kappa shape index (κ2) is 8.02. The van der Waals surface area contributed by atoms with Crippen molar-refractivity contribution in [1.82, 2.24) is 14.9 Å². The number of para-hydroxylation sites is 1. The lowest BCUT2D eigenvalue weighted by Gasteiger charge is -2.31. The molecule has 5 heteroatoms. The van der Waals surface area contributed by atoms with E-state index in [2.05, 4.69) is 14.9 Å². The van der Waals surface area contributed by atoms with Crippen LogP contribution in [0.4, 0.5) is 4.39 Å². The van der Waals surface area contributed by atoms with Crippen molar-refractivity contribution in [1.29, 1.82) is 0 Å². The first kappa shape index (κ1) is 15.9. The molecule has 122 valence electrons. The molecular weight excluding hydrogens is 293 g/mol. The highest BCUT2D eigenvalue weighted by molar-refractivity contribution is 5.23. The summed E-state index contributed by atoms with van der Waals surface area (Å²) in [6.07, 6.45) is 8.50. The molecule has 1 fully saturated rings. The van der Waals surface area contributed by atoms with Crippen molar-refractivity contribution in [3.8, 4) is 5.75 Å². The Labute approximate surface area is 136 Å². The van der Waals surface area contributed by atoms with Gasteiger partial charge in [0.05, 0.1) is 12.3 Å². The fourth-order valence-electron chi connectivity index (χ4n) is 3.01. The highest BCUT2D eigenvalue weighted by Crippen LogP contribution is 2.25. The molecular formula is C18H22FN3O. The summed E-state index contributed by atoms with van der Waals surface area (Å²) in [7, 11) is 0. The summed E-state index contributed by atoms with van der Waals surface area (Å²) < 4.78 is 18.9. The lowest BCUT2D eigenvalue weighted by molar-refractivity contribution is 0.190. The number of piperidine rings is 1. The van der Waals surface area contributed by atoms with Gasteiger partial charge in [-0.1, -0.05) is 12.1 Å². The maximum Gasteiger partial charge on any atom is 0.165 e. The normalized spacial score (nSPS) is 16.4. The van der Waals surface area contributed by atoms with Gasteiger partial charge in [0.25, 0.3) is 0 Å². The molecule has 0 bridgehead atoms. The molecule has 0 spiro atoms. The van der Waals surface area contributed by atoms with E-state index in [0.717, 1.165) is 44.6 Å². The molecule has 1 aromatic carbocycles. The molecule has 1 aliphatic heterocycles. The molecule has 1 aromatic heterocycles. The highest BCUT2D eigenvalue weighted by Gasteiger charge is 2.21. The van der Waals surface area contributed by atoms with E-state index >= 15 is 0 Å². The van der Waals surface area contributed by atoms with Gasteiger partial charge in [0.15, 0.2) is 11.6 Å². The summed E-state index contributed by atoms with van der Waals surface area (Å²) in [5.74, 6) is 0.570. The number of nitrogens with zero attached hydrogens (tertiary/aromatic N) is 3. The first-order valence-electron chi connectivity index (χ1n) is 8.18. The average molecular weight is 315 g/mol. The predicted octanol–water partition coefficient (Wildman–Crippen LogP) is 3.26. The van der Waals surface area contributed by atoms with Crippen molar-refractivity contribution in [2.45, 2.75) is 25.2 Å². The lowest BCUT2D eigenvalue weighted by Crippen LogP contribution is -2.34. The van der Waals surface area contributed by atoms with Crippen LogP contribution in [0, 0.1) is 5.82 Å². The minimum Gasteiger partial charge on any atom is -0.490 e. The van der Waals surface area contributed by atoms with Crippen LogP contribution in [0.25, 0.3) is 0 Å². The molecule has 1 saturated heterocycles. The van der Waals surface area contributed by atoms with Gasteiger partial charge in [-0.2, -0.15) is 0 Å². The van der Waals surface area contributed by atoms with Crippen LogP contribution in [-0.4, -0.2) is 41.1 Å². The molecule has 23 heavy (non-hydrogen) atoms. The number of halogens is 1. The van der Waals surface area contributed by atoms with Crippen LogP contribution in [0.2, 0.25) is 0 Å². The SMILES string of the molecule is Fc1ccccc1OCCCN1CCC(c2cnccn2)CC1. The Hall–Kier alpha value is -2.01. The van der Waals surface area contributed by atoms with Gasteiger partial charge in [0, 0.05) is 31.1 Å². The molecule has 2 heterocycles. The van der Waals surface area contributed by atoms with Gasteiger partial charge in [-0.05, 0) is 44.5 Å². The summed E-state index contributed by atoms with van der Waals surface area (Å²) in [6, 6.07) is 6.55. The smallest absolute Gasteiger partial charge is 0.165 e. The van der Waals surface area contributed by atoms with Crippen LogP contribution in [0.15, 0.2) is 42.9 Å². The van der Waals surface area contributed by atoms with Gasteiger partial charge < -0.3 is 9.64 Å². The number of hydrogen-bond acceptors (Lipinski definition) is 4. The predicted molar refractivity (Wildman–Crippen MR) is 87.0 cm³/mol. The Morgan fingerprint density at radius 2 is 2.00 bits per heavy atom. The van der Waals surface area contributed by atoms with E-state index in [1.807, 2.05) is 6.20 Å². The van der Waals surface area contributed by atoms with Crippen LogP contribution in [0.5, 0.6) is 5.75 Å². The first-order valence-corrected chi connectivity index (χ1v) is 8.18. The lowest BCUT2D eigenvalue weighted by atomic mass is 9.94. The number of likely N-dealkylation sites (tertiary alicyclic amines) is 1. The van der Waals surface area contributed by atoms with Crippen LogP contribution >= 0.6 is 0 Å². The molecule has 0 N–H and O–H groups in total. The van der Waals surface area contributed by atoms with E-state index in [1.165, 1.54) is 6.07 Å². The van der Waals surface area contributed by atoms with Crippen molar-refractivity contribution in [2.75, 3.05) is 26.2 Å². The fourth-order valence-corrected chi connectivity index (χ4v) is 3.01. The number of aromatic nitrogens is 2. The standard InChI is InChI=1S/C18H22FN3O/c19-16-4-1-2-5-18(16)23-13-3-10-22-11-6-15(7-12-22)17-14-20-8-9-21-17/h1-2,4-5,8-9,14-15H,3,6-7,10-13H2. The monoisotopic (exact) mass is 315 g/mol. The maximum atomic E-state index is 13.4. The van der Waals surface area contributed by atoms with Crippen LogP contribution in [0.3, 0.4) is 0 Å². The average Bonchev–Trinajstić information content (AvgIpc) is 2.61. The van der Waals surface area contributed by atoms with Gasteiger partial charge in [-0.3, -0.25) is 9.97 Å². The van der Waals surface area contributed by atoms with Gasteiger partial charge >= 0.3 is 0 Å². The van der Waals surface area contributed by atoms with Crippen LogP contribution < -0.4 is 4.74 Å². The van der Waals surface area contributed by atoms with Crippen molar-refractivity contribution in [3.05, 3.63) is 54.4 Å². The largest absolute Gasteiger partial charge is 0.490 e. The quantitative estimate of drug-likeness (QED) is 0.767. The van der Waals surface area contributed by atoms with Crippen molar-refractivity contribution >= 4 is 0 Å². The minimum atomic E-state index is -0.294. The molecule has 1 aliphatic rings. The van der Waals surface area contributed by atoms with E-state index in [0.29, 0.717) is 18.3 Å². The third-order valence-corrected chi connectivity index (χ3v) is 4.30. The zero-order chi connectivity index (χ0) is 15.9. The Balaban J connectivity index is 1.36. The third-order valence-electron chi connectivity index (χ3n) is 4.30. The van der Waals surface area contributed by atoms with Gasteiger partial charge in [0.1, 0.15) is 0 Å². The topological polar surface area (TPSA) is 38.2 Å². The van der Waals surface area contributed by atoms with Gasteiger partial charge in [0.2, 0.25) is 0 Å². The Morgan fingerprint density at radius 3 is 2.74 bits per heavy atom. The molecule has 0 amide bonds. The van der Waals surface area contributed by atoms with E-state index in [9.17, 15) is 4.39 Å².